The summed E-state index contributed by atoms with van der Waals surface area (Å²) in [6.45, 7) is 2.05. The molecule has 4 aromatic rings. The van der Waals surface area contributed by atoms with Gasteiger partial charge in [-0.2, -0.15) is 15.0 Å². The van der Waals surface area contributed by atoms with Gasteiger partial charge in [0.1, 0.15) is 11.4 Å². The molecule has 4 rings (SSSR count). The molecule has 0 atom stereocenters. The molecule has 1 heterocycles. The number of benzene rings is 3. The van der Waals surface area contributed by atoms with Crippen LogP contribution in [0.25, 0.3) is 11.3 Å². The van der Waals surface area contributed by atoms with Crippen molar-refractivity contribution in [1.82, 2.24) is 20.3 Å². The molecule has 3 aromatic carbocycles. The Kier molecular flexibility index (Phi) is 6.80. The number of rotatable bonds is 8. The van der Waals surface area contributed by atoms with E-state index in [4.69, 9.17) is 33.4 Å². The average molecular weight is 437 g/mol. The summed E-state index contributed by atoms with van der Waals surface area (Å²) in [6.07, 6.45) is 0.971. The molecule has 0 aliphatic heterocycles. The zero-order valence-electron chi connectivity index (χ0n) is 16.4. The lowest BCUT2D eigenvalue weighted by atomic mass is 10.1. The molecule has 4 nitrogen and oxygen atoms in total. The topological polar surface area (TPSA) is 42.7 Å². The van der Waals surface area contributed by atoms with E-state index in [-0.39, 0.29) is 0 Å². The lowest BCUT2D eigenvalue weighted by molar-refractivity contribution is 0.577. The second-order valence-electron chi connectivity index (χ2n) is 7.05. The van der Waals surface area contributed by atoms with Crippen molar-refractivity contribution in [3.8, 4) is 11.3 Å². The standard InChI is InChI=1S/C24H22Cl2N4/c25-21-12-11-19(15-22(21)26)17-30-28-23(24(29-30)20-9-5-2-6-10-20)16-27-14-13-18-7-3-1-4-8-18/h1-12,15,27H,13-14,16-17H2. The van der Waals surface area contributed by atoms with E-state index in [2.05, 4.69) is 41.7 Å². The summed E-state index contributed by atoms with van der Waals surface area (Å²) in [5, 5.41) is 14.1. The molecule has 0 amide bonds. The number of nitrogens with one attached hydrogen (secondary N) is 1. The van der Waals surface area contributed by atoms with Gasteiger partial charge in [0.05, 0.1) is 16.6 Å². The highest BCUT2D eigenvalue weighted by Crippen LogP contribution is 2.24. The number of nitrogens with zero attached hydrogens (tertiary/aromatic N) is 3. The monoisotopic (exact) mass is 436 g/mol. The Morgan fingerprint density at radius 1 is 0.767 bits per heavy atom. The molecule has 0 fully saturated rings. The van der Waals surface area contributed by atoms with E-state index < -0.39 is 0 Å². The Bertz CT molecular complexity index is 1090. The predicted molar refractivity (Wildman–Crippen MR) is 123 cm³/mol. The zero-order valence-corrected chi connectivity index (χ0v) is 17.9. The SMILES string of the molecule is Clc1ccc(Cn2nc(CNCCc3ccccc3)c(-c3ccccc3)n2)cc1Cl. The van der Waals surface area contributed by atoms with Crippen molar-refractivity contribution < 1.29 is 0 Å². The van der Waals surface area contributed by atoms with Gasteiger partial charge in [-0.25, -0.2) is 0 Å². The fourth-order valence-electron chi connectivity index (χ4n) is 3.28. The van der Waals surface area contributed by atoms with Crippen LogP contribution in [0.3, 0.4) is 0 Å². The molecule has 0 spiro atoms. The van der Waals surface area contributed by atoms with Crippen molar-refractivity contribution in [2.24, 2.45) is 0 Å². The zero-order chi connectivity index (χ0) is 20.8. The highest BCUT2D eigenvalue weighted by atomic mass is 35.5. The Morgan fingerprint density at radius 2 is 1.50 bits per heavy atom. The summed E-state index contributed by atoms with van der Waals surface area (Å²) < 4.78 is 0. The van der Waals surface area contributed by atoms with Gasteiger partial charge in [-0.1, -0.05) is 89.9 Å². The number of halogens is 2. The van der Waals surface area contributed by atoms with Gasteiger partial charge in [0.2, 0.25) is 0 Å². The summed E-state index contributed by atoms with van der Waals surface area (Å²) in [4.78, 5) is 1.72. The van der Waals surface area contributed by atoms with Gasteiger partial charge in [0, 0.05) is 12.1 Å². The Balaban J connectivity index is 1.49. The van der Waals surface area contributed by atoms with E-state index >= 15 is 0 Å². The average Bonchev–Trinajstić information content (AvgIpc) is 3.18. The van der Waals surface area contributed by atoms with Crippen molar-refractivity contribution >= 4 is 23.2 Å². The van der Waals surface area contributed by atoms with Crippen LogP contribution in [0, 0.1) is 0 Å². The predicted octanol–water partition coefficient (Wildman–Crippen LogP) is 5.63. The van der Waals surface area contributed by atoms with E-state index in [0.717, 1.165) is 35.5 Å². The molecule has 1 aromatic heterocycles. The minimum absolute atomic E-state index is 0.529. The molecule has 30 heavy (non-hydrogen) atoms. The normalized spacial score (nSPS) is 11.0. The second-order valence-corrected chi connectivity index (χ2v) is 7.87. The van der Waals surface area contributed by atoms with Crippen LogP contribution in [0.5, 0.6) is 0 Å². The van der Waals surface area contributed by atoms with E-state index in [1.165, 1.54) is 5.56 Å². The molecule has 0 saturated carbocycles. The Labute approximate surface area is 186 Å². The van der Waals surface area contributed by atoms with E-state index in [9.17, 15) is 0 Å². The maximum Gasteiger partial charge on any atom is 0.117 e. The van der Waals surface area contributed by atoms with Gasteiger partial charge in [-0.3, -0.25) is 0 Å². The maximum atomic E-state index is 6.16. The first-order valence-electron chi connectivity index (χ1n) is 9.87. The van der Waals surface area contributed by atoms with Crippen molar-refractivity contribution in [2.75, 3.05) is 6.54 Å². The molecule has 1 N–H and O–H groups in total. The van der Waals surface area contributed by atoms with Crippen LogP contribution in [-0.4, -0.2) is 21.5 Å². The lowest BCUT2D eigenvalue weighted by Crippen LogP contribution is -2.17. The molecule has 6 heteroatoms. The Morgan fingerprint density at radius 3 is 2.23 bits per heavy atom. The first kappa shape index (κ1) is 20.6. The molecule has 0 unspecified atom stereocenters. The van der Waals surface area contributed by atoms with Gasteiger partial charge in [0.15, 0.2) is 0 Å². The molecular weight excluding hydrogens is 415 g/mol. The van der Waals surface area contributed by atoms with Gasteiger partial charge in [0.25, 0.3) is 0 Å². The summed E-state index contributed by atoms with van der Waals surface area (Å²) in [7, 11) is 0. The first-order chi connectivity index (χ1) is 14.7. The van der Waals surface area contributed by atoms with Crippen LogP contribution in [0.4, 0.5) is 0 Å². The van der Waals surface area contributed by atoms with E-state index in [0.29, 0.717) is 23.1 Å². The fraction of sp³-hybridized carbons (Fsp3) is 0.167. The number of hydrogen-bond acceptors (Lipinski definition) is 3. The van der Waals surface area contributed by atoms with Crippen molar-refractivity contribution in [3.05, 3.63) is 106 Å². The van der Waals surface area contributed by atoms with Gasteiger partial charge < -0.3 is 5.32 Å². The minimum atomic E-state index is 0.529. The second kappa shape index (κ2) is 9.90. The lowest BCUT2D eigenvalue weighted by Gasteiger charge is -2.04. The van der Waals surface area contributed by atoms with Crippen molar-refractivity contribution in [3.63, 3.8) is 0 Å². The number of aromatic nitrogens is 3. The summed E-state index contributed by atoms with van der Waals surface area (Å²) >= 11 is 12.2. The maximum absolute atomic E-state index is 6.16. The molecular formula is C24H22Cl2N4. The van der Waals surface area contributed by atoms with Crippen LogP contribution in [0.1, 0.15) is 16.8 Å². The molecule has 0 aliphatic rings. The minimum Gasteiger partial charge on any atom is -0.311 e. The van der Waals surface area contributed by atoms with E-state index in [1.807, 2.05) is 36.4 Å². The van der Waals surface area contributed by atoms with E-state index in [1.54, 1.807) is 10.9 Å². The summed E-state index contributed by atoms with van der Waals surface area (Å²) in [6, 6.07) is 26.2. The molecule has 0 radical (unpaired) electrons. The largest absolute Gasteiger partial charge is 0.311 e. The fourth-order valence-corrected chi connectivity index (χ4v) is 3.60. The third-order valence-corrected chi connectivity index (χ3v) is 5.54. The number of hydrogen-bond donors (Lipinski definition) is 1. The third-order valence-electron chi connectivity index (χ3n) is 4.81. The highest BCUT2D eigenvalue weighted by Gasteiger charge is 2.13. The molecule has 0 bridgehead atoms. The van der Waals surface area contributed by atoms with Crippen LogP contribution in [-0.2, 0) is 19.5 Å². The van der Waals surface area contributed by atoms with Crippen molar-refractivity contribution in [2.45, 2.75) is 19.5 Å². The van der Waals surface area contributed by atoms with Crippen LogP contribution in [0.15, 0.2) is 78.9 Å². The quantitative estimate of drug-likeness (QED) is 0.363. The highest BCUT2D eigenvalue weighted by molar-refractivity contribution is 6.42. The van der Waals surface area contributed by atoms with Gasteiger partial charge in [-0.15, -0.1) is 0 Å². The Hall–Kier alpha value is -2.66. The van der Waals surface area contributed by atoms with Crippen LogP contribution in [0.2, 0.25) is 10.0 Å². The van der Waals surface area contributed by atoms with Crippen LogP contribution >= 0.6 is 23.2 Å². The smallest absolute Gasteiger partial charge is 0.117 e. The third kappa shape index (κ3) is 5.28. The van der Waals surface area contributed by atoms with Crippen molar-refractivity contribution in [1.29, 1.82) is 0 Å². The van der Waals surface area contributed by atoms with Crippen LogP contribution < -0.4 is 5.32 Å². The molecule has 0 aliphatic carbocycles. The summed E-state index contributed by atoms with van der Waals surface area (Å²) in [5.41, 5.74) is 5.19. The van der Waals surface area contributed by atoms with Gasteiger partial charge in [-0.05, 0) is 36.2 Å². The van der Waals surface area contributed by atoms with Gasteiger partial charge >= 0.3 is 0 Å². The molecule has 152 valence electrons. The molecule has 0 saturated heterocycles. The first-order valence-corrected chi connectivity index (χ1v) is 10.6. The summed E-state index contributed by atoms with van der Waals surface area (Å²) in [5.74, 6) is 0.